The highest BCUT2D eigenvalue weighted by Gasteiger charge is 2.73. The number of ketones is 2. The Kier molecular flexibility index (Phi) is 3.89. The number of ether oxygens (including phenoxy) is 2. The van der Waals surface area contributed by atoms with Gasteiger partial charge in [0.2, 0.25) is 0 Å². The molecule has 0 amide bonds. The zero-order valence-corrected chi connectivity index (χ0v) is 16.6. The van der Waals surface area contributed by atoms with Gasteiger partial charge in [-0.05, 0) is 37.5 Å². The Morgan fingerprint density at radius 3 is 2.35 bits per heavy atom. The molecule has 4 heteroatoms. The zero-order valence-electron chi connectivity index (χ0n) is 16.6. The summed E-state index contributed by atoms with van der Waals surface area (Å²) in [5, 5.41) is 0. The molecule has 1 aliphatic heterocycles. The number of rotatable bonds is 1. The first-order valence-electron chi connectivity index (χ1n) is 10.2. The maximum atomic E-state index is 13.7. The number of allylic oxidation sites excluding steroid dienone is 1. The number of hydrogen-bond acceptors (Lipinski definition) is 4. The number of Topliss-reactive ketones (excluding diaryl/α,β-unsaturated/α-hetero) is 2. The van der Waals surface area contributed by atoms with Gasteiger partial charge in [-0.25, -0.2) is 0 Å². The first-order valence-corrected chi connectivity index (χ1v) is 10.2. The van der Waals surface area contributed by atoms with Gasteiger partial charge >= 0.3 is 0 Å². The van der Waals surface area contributed by atoms with E-state index in [9.17, 15) is 9.59 Å². The molecular formula is C22H32O4. The summed E-state index contributed by atoms with van der Waals surface area (Å²) >= 11 is 0. The third-order valence-electron chi connectivity index (χ3n) is 8.79. The van der Waals surface area contributed by atoms with Crippen molar-refractivity contribution in [1.29, 1.82) is 0 Å². The lowest BCUT2D eigenvalue weighted by Crippen LogP contribution is -2.63. The van der Waals surface area contributed by atoms with Gasteiger partial charge in [0.1, 0.15) is 11.6 Å². The third kappa shape index (κ3) is 1.98. The molecule has 4 aliphatic rings. The fourth-order valence-corrected chi connectivity index (χ4v) is 6.97. The van der Waals surface area contributed by atoms with Crippen LogP contribution in [0.1, 0.15) is 59.8 Å². The van der Waals surface area contributed by atoms with Crippen LogP contribution in [0.4, 0.5) is 0 Å². The van der Waals surface area contributed by atoms with Crippen molar-refractivity contribution in [2.45, 2.75) is 65.6 Å². The highest BCUT2D eigenvalue weighted by atomic mass is 16.7. The normalized spacial score (nSPS) is 50.4. The smallest absolute Gasteiger partial charge is 0.172 e. The first-order chi connectivity index (χ1) is 12.2. The number of carbonyl (C=O) groups is 2. The van der Waals surface area contributed by atoms with Gasteiger partial charge in [-0.3, -0.25) is 9.59 Å². The van der Waals surface area contributed by atoms with Crippen molar-refractivity contribution in [3.05, 3.63) is 12.7 Å². The topological polar surface area (TPSA) is 52.6 Å². The maximum absolute atomic E-state index is 13.7. The summed E-state index contributed by atoms with van der Waals surface area (Å²) in [5.41, 5.74) is -1.53. The van der Waals surface area contributed by atoms with Crippen molar-refractivity contribution in [3.8, 4) is 0 Å². The third-order valence-corrected chi connectivity index (χ3v) is 8.79. The summed E-state index contributed by atoms with van der Waals surface area (Å²) in [6.07, 6.45) is 5.58. The predicted octanol–water partition coefficient (Wildman–Crippen LogP) is 3.93. The molecule has 0 aromatic heterocycles. The Morgan fingerprint density at radius 1 is 1.08 bits per heavy atom. The first kappa shape index (κ1) is 18.4. The van der Waals surface area contributed by atoms with Gasteiger partial charge in [-0.1, -0.05) is 26.8 Å². The van der Waals surface area contributed by atoms with Crippen molar-refractivity contribution < 1.29 is 19.1 Å². The van der Waals surface area contributed by atoms with Gasteiger partial charge < -0.3 is 9.47 Å². The molecule has 1 heterocycles. The van der Waals surface area contributed by atoms with E-state index in [4.69, 9.17) is 9.47 Å². The van der Waals surface area contributed by atoms with Crippen LogP contribution < -0.4 is 0 Å². The zero-order chi connectivity index (χ0) is 19.0. The standard InChI is InChI=1S/C22H32O4/c1-6-19(4)13-16(23)20(5)14(2)7-8-21(15(3)17(19)24)9-10-22(18(20)21)25-11-12-26-22/h6,14-15,18H,1,7-13H2,2-5H3/t14-,15+,18?,19+,20+,21+/m1/s1. The molecule has 3 saturated carbocycles. The van der Waals surface area contributed by atoms with Crippen LogP contribution in [-0.2, 0) is 19.1 Å². The largest absolute Gasteiger partial charge is 0.347 e. The molecule has 0 N–H and O–H groups in total. The van der Waals surface area contributed by atoms with Crippen molar-refractivity contribution in [3.63, 3.8) is 0 Å². The van der Waals surface area contributed by atoms with Gasteiger partial charge in [0.25, 0.3) is 0 Å². The van der Waals surface area contributed by atoms with E-state index in [0.717, 1.165) is 25.7 Å². The highest BCUT2D eigenvalue weighted by molar-refractivity contribution is 5.97. The van der Waals surface area contributed by atoms with Crippen molar-refractivity contribution >= 4 is 11.6 Å². The molecule has 1 spiro atoms. The fourth-order valence-electron chi connectivity index (χ4n) is 6.97. The predicted molar refractivity (Wildman–Crippen MR) is 98.4 cm³/mol. The molecule has 0 radical (unpaired) electrons. The SMILES string of the molecule is C=C[C@@]1(C)CC(=O)[C@@]2(C)C3C4(CC[C@@]3(CC[C@H]2C)[C@@H](C)C1=O)OCCO4. The van der Waals surface area contributed by atoms with Crippen LogP contribution in [0.3, 0.4) is 0 Å². The maximum Gasteiger partial charge on any atom is 0.172 e. The molecule has 1 saturated heterocycles. The van der Waals surface area contributed by atoms with Crippen LogP contribution in [0.2, 0.25) is 0 Å². The van der Waals surface area contributed by atoms with Crippen LogP contribution in [0.25, 0.3) is 0 Å². The van der Waals surface area contributed by atoms with Gasteiger partial charge in [-0.15, -0.1) is 6.58 Å². The summed E-state index contributed by atoms with van der Waals surface area (Å²) in [6, 6.07) is 0. The Hall–Kier alpha value is -1.00. The minimum absolute atomic E-state index is 0.0467. The van der Waals surface area contributed by atoms with Crippen molar-refractivity contribution in [2.24, 2.45) is 34.0 Å². The van der Waals surface area contributed by atoms with Gasteiger partial charge in [0, 0.05) is 30.1 Å². The number of carbonyl (C=O) groups excluding carboxylic acids is 2. The monoisotopic (exact) mass is 360 g/mol. The minimum Gasteiger partial charge on any atom is -0.347 e. The Labute approximate surface area is 156 Å². The Balaban J connectivity index is 1.95. The van der Waals surface area contributed by atoms with E-state index in [-0.39, 0.29) is 41.2 Å². The van der Waals surface area contributed by atoms with Crippen LogP contribution in [0, 0.1) is 34.0 Å². The lowest BCUT2D eigenvalue weighted by Gasteiger charge is -2.59. The summed E-state index contributed by atoms with van der Waals surface area (Å²) in [4.78, 5) is 27.2. The van der Waals surface area contributed by atoms with E-state index in [1.54, 1.807) is 6.08 Å². The Bertz CT molecular complexity index is 663. The second-order valence-electron chi connectivity index (χ2n) is 9.70. The molecule has 26 heavy (non-hydrogen) atoms. The lowest BCUT2D eigenvalue weighted by molar-refractivity contribution is -0.246. The van der Waals surface area contributed by atoms with Crippen LogP contribution in [0.5, 0.6) is 0 Å². The summed E-state index contributed by atoms with van der Waals surface area (Å²) in [7, 11) is 0. The second-order valence-corrected chi connectivity index (χ2v) is 9.70. The summed E-state index contributed by atoms with van der Waals surface area (Å²) < 4.78 is 12.4. The van der Waals surface area contributed by atoms with E-state index in [1.807, 2.05) is 6.92 Å². The van der Waals surface area contributed by atoms with E-state index in [0.29, 0.717) is 13.2 Å². The fraction of sp³-hybridized carbons (Fsp3) is 0.818. The highest BCUT2D eigenvalue weighted by Crippen LogP contribution is 2.71. The average Bonchev–Trinajstić information content (AvgIpc) is 3.23. The van der Waals surface area contributed by atoms with Gasteiger partial charge in [0.15, 0.2) is 5.79 Å². The molecule has 0 aromatic carbocycles. The van der Waals surface area contributed by atoms with Gasteiger partial charge in [0.05, 0.1) is 18.6 Å². The molecule has 2 bridgehead atoms. The molecular weight excluding hydrogens is 328 g/mol. The number of hydrogen-bond donors (Lipinski definition) is 0. The van der Waals surface area contributed by atoms with E-state index in [2.05, 4.69) is 27.4 Å². The van der Waals surface area contributed by atoms with Crippen molar-refractivity contribution in [2.75, 3.05) is 13.2 Å². The quantitative estimate of drug-likeness (QED) is 0.665. The van der Waals surface area contributed by atoms with Gasteiger partial charge in [-0.2, -0.15) is 0 Å². The van der Waals surface area contributed by atoms with E-state index < -0.39 is 16.6 Å². The second kappa shape index (κ2) is 5.51. The van der Waals surface area contributed by atoms with Crippen LogP contribution >= 0.6 is 0 Å². The van der Waals surface area contributed by atoms with Crippen LogP contribution in [-0.4, -0.2) is 30.6 Å². The molecule has 0 aromatic rings. The average molecular weight is 360 g/mol. The molecule has 1 unspecified atom stereocenters. The molecule has 4 fully saturated rings. The van der Waals surface area contributed by atoms with Crippen LogP contribution in [0.15, 0.2) is 12.7 Å². The Morgan fingerprint density at radius 2 is 1.73 bits per heavy atom. The molecule has 4 rings (SSSR count). The van der Waals surface area contributed by atoms with E-state index >= 15 is 0 Å². The van der Waals surface area contributed by atoms with Crippen molar-refractivity contribution in [1.82, 2.24) is 0 Å². The molecule has 3 aliphatic carbocycles. The summed E-state index contributed by atoms with van der Waals surface area (Å²) in [5.74, 6) is -0.252. The van der Waals surface area contributed by atoms with E-state index in [1.165, 1.54) is 0 Å². The molecule has 144 valence electrons. The lowest BCUT2D eigenvalue weighted by atomic mass is 9.44. The molecule has 6 atom stereocenters. The summed E-state index contributed by atoms with van der Waals surface area (Å²) in [6.45, 7) is 13.4. The minimum atomic E-state index is -0.778. The molecule has 4 nitrogen and oxygen atoms in total.